The molecule has 236 valence electrons. The quantitative estimate of drug-likeness (QED) is 0.173. The van der Waals surface area contributed by atoms with Gasteiger partial charge in [0.05, 0.1) is 11.0 Å². The lowest BCUT2D eigenvalue weighted by atomic mass is 9.85. The fourth-order valence-corrected chi connectivity index (χ4v) is 8.00. The molecule has 0 bridgehead atoms. The molecule has 0 unspecified atom stereocenters. The first-order chi connectivity index (χ1) is 28.6. The number of hydrogen-bond donors (Lipinski definition) is 0. The number of benzene rings is 10. The van der Waals surface area contributed by atoms with Gasteiger partial charge in [-0.05, 0) is 106 Å². The average molecular weight is 655 g/mol. The van der Waals surface area contributed by atoms with Crippen molar-refractivity contribution in [2.24, 2.45) is 0 Å². The van der Waals surface area contributed by atoms with E-state index in [9.17, 15) is 5.48 Å². The van der Waals surface area contributed by atoms with Crippen LogP contribution in [0.15, 0.2) is 186 Å². The second-order valence-corrected chi connectivity index (χ2v) is 13.0. The monoisotopic (exact) mass is 654 g/mol. The van der Waals surface area contributed by atoms with Crippen molar-refractivity contribution in [3.63, 3.8) is 0 Å². The van der Waals surface area contributed by atoms with Gasteiger partial charge >= 0.3 is 0 Å². The standard InChI is InChI=1S/C50H30O/c1-2-13-33-29-35(24-23-31(33)11-1)47-41-16-5-7-18-43(41)48(44-19-8-6-17-42(44)47)36-26-27-37-34(30-36)14-9-20-39(37)40-21-10-22-46-49(40)45-28-25-32-12-3-4-15-38(32)50(45)51-46/h1-30H/i5D,6D,7D,8D,16D,17D,18D,19D. The van der Waals surface area contributed by atoms with Gasteiger partial charge in [0, 0.05) is 16.2 Å². The summed E-state index contributed by atoms with van der Waals surface area (Å²) in [5.41, 5.74) is 5.36. The third-order valence-corrected chi connectivity index (χ3v) is 10.3. The largest absolute Gasteiger partial charge is 0.455 e. The SMILES string of the molecule is [2H]c1c([2H])c([2H])c2c(-c3ccc4c(-c5cccc6oc7c8ccccc8ccc7c56)cccc4c3)c3c([2H])c([2H])c([2H])c([2H])c3c(-c3ccc4ccccc4c3)c2c1[2H]. The van der Waals surface area contributed by atoms with Crippen LogP contribution in [0.3, 0.4) is 0 Å². The van der Waals surface area contributed by atoms with Crippen LogP contribution in [0.5, 0.6) is 0 Å². The minimum Gasteiger partial charge on any atom is -0.455 e. The van der Waals surface area contributed by atoms with Crippen LogP contribution in [-0.2, 0) is 0 Å². The molecule has 0 aliphatic rings. The molecule has 0 saturated heterocycles. The Morgan fingerprint density at radius 1 is 0.373 bits per heavy atom. The van der Waals surface area contributed by atoms with E-state index in [1.54, 1.807) is 0 Å². The van der Waals surface area contributed by atoms with Crippen molar-refractivity contribution in [3.05, 3.63) is 182 Å². The molecular weight excluding hydrogens is 617 g/mol. The molecule has 10 aromatic carbocycles. The van der Waals surface area contributed by atoms with Crippen molar-refractivity contribution in [3.8, 4) is 33.4 Å². The van der Waals surface area contributed by atoms with Gasteiger partial charge in [0.1, 0.15) is 11.2 Å². The summed E-state index contributed by atoms with van der Waals surface area (Å²) in [6.45, 7) is 0. The molecule has 0 N–H and O–H groups in total. The number of furan rings is 1. The molecule has 0 saturated carbocycles. The highest BCUT2D eigenvalue weighted by Crippen LogP contribution is 2.46. The molecule has 11 aromatic rings. The number of rotatable bonds is 3. The Bertz CT molecular complexity index is 3580. The zero-order valence-corrected chi connectivity index (χ0v) is 27.1. The Labute approximate surface area is 305 Å². The highest BCUT2D eigenvalue weighted by molar-refractivity contribution is 6.23. The van der Waals surface area contributed by atoms with E-state index in [1.165, 1.54) is 0 Å². The van der Waals surface area contributed by atoms with Gasteiger partial charge < -0.3 is 4.42 Å². The Kier molecular flexibility index (Phi) is 4.57. The van der Waals surface area contributed by atoms with Crippen LogP contribution >= 0.6 is 0 Å². The molecule has 0 aliphatic carbocycles. The van der Waals surface area contributed by atoms with Gasteiger partial charge in [0.2, 0.25) is 0 Å². The lowest BCUT2D eigenvalue weighted by Gasteiger charge is -2.18. The summed E-state index contributed by atoms with van der Waals surface area (Å²) in [7, 11) is 0. The third kappa shape index (κ3) is 4.22. The summed E-state index contributed by atoms with van der Waals surface area (Å²) in [5, 5.41) is 8.53. The summed E-state index contributed by atoms with van der Waals surface area (Å²) in [5.74, 6) is 0. The molecule has 0 spiro atoms. The highest BCUT2D eigenvalue weighted by Gasteiger charge is 2.19. The second-order valence-electron chi connectivity index (χ2n) is 13.0. The van der Waals surface area contributed by atoms with E-state index in [-0.39, 0.29) is 45.7 Å². The fourth-order valence-electron chi connectivity index (χ4n) is 8.00. The van der Waals surface area contributed by atoms with Crippen molar-refractivity contribution >= 4 is 75.8 Å². The fraction of sp³-hybridized carbons (Fsp3) is 0. The number of fused-ring (bicyclic) bond motifs is 9. The van der Waals surface area contributed by atoms with Gasteiger partial charge in [-0.25, -0.2) is 0 Å². The van der Waals surface area contributed by atoms with Gasteiger partial charge in [-0.15, -0.1) is 0 Å². The summed E-state index contributed by atoms with van der Waals surface area (Å²) in [4.78, 5) is 0. The summed E-state index contributed by atoms with van der Waals surface area (Å²) in [6.07, 6.45) is 0. The first kappa shape index (κ1) is 21.4. The maximum absolute atomic E-state index is 9.40. The van der Waals surface area contributed by atoms with E-state index < -0.39 is 24.2 Å². The molecule has 0 radical (unpaired) electrons. The smallest absolute Gasteiger partial charge is 0.143 e. The molecular formula is C50H30O. The Morgan fingerprint density at radius 2 is 0.922 bits per heavy atom. The molecule has 0 aliphatic heterocycles. The zero-order valence-electron chi connectivity index (χ0n) is 35.1. The Morgan fingerprint density at radius 3 is 1.67 bits per heavy atom. The molecule has 0 fully saturated rings. The van der Waals surface area contributed by atoms with Crippen LogP contribution in [0.25, 0.3) is 109 Å². The van der Waals surface area contributed by atoms with Crippen LogP contribution in [0.1, 0.15) is 11.0 Å². The topological polar surface area (TPSA) is 13.1 Å². The molecule has 0 amide bonds. The van der Waals surface area contributed by atoms with E-state index in [2.05, 4.69) is 36.4 Å². The summed E-state index contributed by atoms with van der Waals surface area (Å²) in [6, 6.07) is 41.0. The Balaban J connectivity index is 1.24. The van der Waals surface area contributed by atoms with Gasteiger partial charge in [0.25, 0.3) is 0 Å². The summed E-state index contributed by atoms with van der Waals surface area (Å²) < 4.78 is 79.3. The van der Waals surface area contributed by atoms with Gasteiger partial charge in [0.15, 0.2) is 0 Å². The normalized spacial score (nSPS) is 14.1. The summed E-state index contributed by atoms with van der Waals surface area (Å²) >= 11 is 0. The minimum atomic E-state index is -0.426. The molecule has 11 rings (SSSR count). The third-order valence-electron chi connectivity index (χ3n) is 10.3. The lowest BCUT2D eigenvalue weighted by molar-refractivity contribution is 0.673. The lowest BCUT2D eigenvalue weighted by Crippen LogP contribution is -1.91. The molecule has 1 aromatic heterocycles. The van der Waals surface area contributed by atoms with Crippen molar-refractivity contribution in [2.45, 2.75) is 0 Å². The predicted molar refractivity (Wildman–Crippen MR) is 218 cm³/mol. The molecule has 0 atom stereocenters. The Hall–Kier alpha value is -6.70. The van der Waals surface area contributed by atoms with Crippen LogP contribution in [0.2, 0.25) is 0 Å². The average Bonchev–Trinajstić information content (AvgIpc) is 3.67. The second kappa shape index (κ2) is 10.9. The van der Waals surface area contributed by atoms with Gasteiger partial charge in [-0.2, -0.15) is 0 Å². The van der Waals surface area contributed by atoms with Crippen molar-refractivity contribution in [1.82, 2.24) is 0 Å². The zero-order chi connectivity index (χ0) is 40.4. The van der Waals surface area contributed by atoms with Crippen LogP contribution < -0.4 is 0 Å². The first-order valence-corrected chi connectivity index (χ1v) is 16.9. The van der Waals surface area contributed by atoms with Crippen LogP contribution in [0.4, 0.5) is 0 Å². The molecule has 1 heteroatoms. The number of hydrogen-bond acceptors (Lipinski definition) is 1. The van der Waals surface area contributed by atoms with E-state index in [0.717, 1.165) is 65.4 Å². The van der Waals surface area contributed by atoms with Crippen LogP contribution in [-0.4, -0.2) is 0 Å². The maximum Gasteiger partial charge on any atom is 0.143 e. The van der Waals surface area contributed by atoms with E-state index >= 15 is 0 Å². The predicted octanol–water partition coefficient (Wildman–Crippen LogP) is 14.4. The van der Waals surface area contributed by atoms with E-state index in [4.69, 9.17) is 9.90 Å². The van der Waals surface area contributed by atoms with Crippen molar-refractivity contribution in [2.75, 3.05) is 0 Å². The first-order valence-electron chi connectivity index (χ1n) is 20.9. The van der Waals surface area contributed by atoms with E-state index in [0.29, 0.717) is 22.3 Å². The minimum absolute atomic E-state index is 0.189. The van der Waals surface area contributed by atoms with Crippen molar-refractivity contribution in [1.29, 1.82) is 0 Å². The van der Waals surface area contributed by atoms with Gasteiger partial charge in [-0.3, -0.25) is 0 Å². The molecule has 1 nitrogen and oxygen atoms in total. The van der Waals surface area contributed by atoms with E-state index in [1.807, 2.05) is 97.1 Å². The molecule has 51 heavy (non-hydrogen) atoms. The van der Waals surface area contributed by atoms with Crippen LogP contribution in [0, 0.1) is 0 Å². The van der Waals surface area contributed by atoms with Gasteiger partial charge in [-0.1, -0.05) is 158 Å². The maximum atomic E-state index is 9.40. The highest BCUT2D eigenvalue weighted by atomic mass is 16.3. The molecule has 1 heterocycles. The van der Waals surface area contributed by atoms with Crippen molar-refractivity contribution < 1.29 is 15.4 Å².